The van der Waals surface area contributed by atoms with Crippen LogP contribution in [0, 0.1) is 13.8 Å². The molecule has 6 nitrogen and oxygen atoms in total. The first-order valence-corrected chi connectivity index (χ1v) is 9.58. The molecule has 0 fully saturated rings. The van der Waals surface area contributed by atoms with Crippen LogP contribution < -0.4 is 10.1 Å². The lowest BCUT2D eigenvalue weighted by Crippen LogP contribution is -2.20. The molecule has 3 aromatic carbocycles. The number of amides is 1. The molecule has 1 heterocycles. The number of hydrogen-bond donors (Lipinski definition) is 1. The second-order valence-electron chi connectivity index (χ2n) is 6.94. The normalized spacial score (nSPS) is 10.6. The van der Waals surface area contributed by atoms with E-state index < -0.39 is 0 Å². The van der Waals surface area contributed by atoms with Gasteiger partial charge in [-0.3, -0.25) is 4.79 Å². The molecule has 1 aromatic heterocycles. The van der Waals surface area contributed by atoms with E-state index in [0.717, 1.165) is 22.4 Å². The van der Waals surface area contributed by atoms with Crippen molar-refractivity contribution in [3.8, 4) is 28.6 Å². The minimum Gasteiger partial charge on any atom is -0.483 e. The highest BCUT2D eigenvalue weighted by atomic mass is 16.5. The number of nitrogens with zero attached hydrogens (tertiary/aromatic N) is 2. The van der Waals surface area contributed by atoms with Crippen LogP contribution in [0.4, 0.5) is 5.69 Å². The maximum Gasteiger partial charge on any atom is 0.262 e. The molecule has 1 amide bonds. The highest BCUT2D eigenvalue weighted by molar-refractivity contribution is 5.92. The summed E-state index contributed by atoms with van der Waals surface area (Å²) in [5, 5.41) is 6.94. The minimum atomic E-state index is -0.245. The van der Waals surface area contributed by atoms with Crippen LogP contribution in [0.25, 0.3) is 22.8 Å². The molecule has 0 saturated heterocycles. The number of anilines is 1. The van der Waals surface area contributed by atoms with Gasteiger partial charge in [-0.2, -0.15) is 4.98 Å². The van der Waals surface area contributed by atoms with Gasteiger partial charge in [-0.1, -0.05) is 59.3 Å². The molecule has 0 aliphatic carbocycles. The Kier molecular flexibility index (Phi) is 5.57. The van der Waals surface area contributed by atoms with Crippen LogP contribution in [0.5, 0.6) is 5.75 Å². The van der Waals surface area contributed by atoms with Gasteiger partial charge in [0.2, 0.25) is 5.82 Å². The largest absolute Gasteiger partial charge is 0.483 e. The number of nitrogens with one attached hydrogen (secondary N) is 1. The van der Waals surface area contributed by atoms with Gasteiger partial charge >= 0.3 is 0 Å². The molecule has 0 aliphatic rings. The van der Waals surface area contributed by atoms with Crippen molar-refractivity contribution in [1.82, 2.24) is 10.1 Å². The quantitative estimate of drug-likeness (QED) is 0.492. The summed E-state index contributed by atoms with van der Waals surface area (Å²) in [7, 11) is 0. The SMILES string of the molecule is Cc1cccc(-c2noc(-c3ccccc3OCC(=O)Nc3ccccc3C)n2)c1. The number of para-hydroxylation sites is 2. The second-order valence-corrected chi connectivity index (χ2v) is 6.94. The molecule has 0 radical (unpaired) electrons. The van der Waals surface area contributed by atoms with E-state index in [1.165, 1.54) is 0 Å². The molecule has 0 aliphatic heterocycles. The van der Waals surface area contributed by atoms with Gasteiger partial charge in [0.25, 0.3) is 11.8 Å². The number of rotatable bonds is 6. The molecule has 4 rings (SSSR count). The smallest absolute Gasteiger partial charge is 0.262 e. The van der Waals surface area contributed by atoms with E-state index in [4.69, 9.17) is 9.26 Å². The lowest BCUT2D eigenvalue weighted by Gasteiger charge is -2.11. The van der Waals surface area contributed by atoms with Crippen LogP contribution >= 0.6 is 0 Å². The Labute approximate surface area is 174 Å². The van der Waals surface area contributed by atoms with E-state index in [9.17, 15) is 4.79 Å². The molecule has 0 unspecified atom stereocenters. The van der Waals surface area contributed by atoms with Crippen LogP contribution in [-0.2, 0) is 4.79 Å². The van der Waals surface area contributed by atoms with Crippen LogP contribution in [0.3, 0.4) is 0 Å². The van der Waals surface area contributed by atoms with Crippen LogP contribution in [-0.4, -0.2) is 22.7 Å². The summed E-state index contributed by atoms with van der Waals surface area (Å²) in [5.74, 6) is 1.09. The van der Waals surface area contributed by atoms with Crippen molar-refractivity contribution >= 4 is 11.6 Å². The number of benzene rings is 3. The Balaban J connectivity index is 1.49. The highest BCUT2D eigenvalue weighted by Crippen LogP contribution is 2.30. The predicted octanol–water partition coefficient (Wildman–Crippen LogP) is 5.04. The van der Waals surface area contributed by atoms with E-state index in [1.807, 2.05) is 80.6 Å². The topological polar surface area (TPSA) is 77.2 Å². The molecule has 0 saturated carbocycles. The molecule has 1 N–H and O–H groups in total. The summed E-state index contributed by atoms with van der Waals surface area (Å²) in [6.07, 6.45) is 0. The molecule has 4 aromatic rings. The lowest BCUT2D eigenvalue weighted by atomic mass is 10.1. The predicted molar refractivity (Wildman–Crippen MR) is 115 cm³/mol. The number of carbonyl (C=O) groups is 1. The number of aryl methyl sites for hydroxylation is 2. The summed E-state index contributed by atoms with van der Waals surface area (Å²) < 4.78 is 11.2. The fourth-order valence-electron chi connectivity index (χ4n) is 3.05. The maximum atomic E-state index is 12.3. The summed E-state index contributed by atoms with van der Waals surface area (Å²) in [6, 6.07) is 22.7. The highest BCUT2D eigenvalue weighted by Gasteiger charge is 2.16. The van der Waals surface area contributed by atoms with Crippen molar-refractivity contribution in [2.45, 2.75) is 13.8 Å². The van der Waals surface area contributed by atoms with Gasteiger partial charge in [0, 0.05) is 11.3 Å². The first kappa shape index (κ1) is 19.4. The Morgan fingerprint density at radius 1 is 1.00 bits per heavy atom. The third kappa shape index (κ3) is 4.38. The third-order valence-corrected chi connectivity index (χ3v) is 4.60. The second kappa shape index (κ2) is 8.61. The zero-order chi connectivity index (χ0) is 20.9. The Hall–Kier alpha value is -3.93. The average Bonchev–Trinajstić information content (AvgIpc) is 3.24. The molecule has 150 valence electrons. The number of aromatic nitrogens is 2. The van der Waals surface area contributed by atoms with Gasteiger partial charge in [0.15, 0.2) is 6.61 Å². The van der Waals surface area contributed by atoms with E-state index in [0.29, 0.717) is 23.0 Å². The van der Waals surface area contributed by atoms with Crippen LogP contribution in [0.15, 0.2) is 77.3 Å². The average molecular weight is 399 g/mol. The van der Waals surface area contributed by atoms with Gasteiger partial charge in [0.05, 0.1) is 5.56 Å². The summed E-state index contributed by atoms with van der Waals surface area (Å²) in [5.41, 5.74) is 4.37. The number of hydrogen-bond acceptors (Lipinski definition) is 5. The Morgan fingerprint density at radius 3 is 2.63 bits per heavy atom. The fraction of sp³-hybridized carbons (Fsp3) is 0.125. The number of ether oxygens (including phenoxy) is 1. The van der Waals surface area contributed by atoms with Gasteiger partial charge in [-0.15, -0.1) is 0 Å². The Morgan fingerprint density at radius 2 is 1.80 bits per heavy atom. The maximum absolute atomic E-state index is 12.3. The third-order valence-electron chi connectivity index (χ3n) is 4.60. The van der Waals surface area contributed by atoms with Crippen molar-refractivity contribution in [1.29, 1.82) is 0 Å². The van der Waals surface area contributed by atoms with E-state index >= 15 is 0 Å². The fourth-order valence-corrected chi connectivity index (χ4v) is 3.05. The molecule has 6 heteroatoms. The zero-order valence-corrected chi connectivity index (χ0v) is 16.8. The standard InChI is InChI=1S/C24H21N3O3/c1-16-8-7-10-18(14-16)23-26-24(30-27-23)19-11-4-6-13-21(19)29-15-22(28)25-20-12-5-3-9-17(20)2/h3-14H,15H2,1-2H3,(H,25,28). The summed E-state index contributed by atoms with van der Waals surface area (Å²) in [6.45, 7) is 3.81. The number of carbonyl (C=O) groups excluding carboxylic acids is 1. The molecule has 30 heavy (non-hydrogen) atoms. The lowest BCUT2D eigenvalue weighted by molar-refractivity contribution is -0.118. The molecule has 0 spiro atoms. The van der Waals surface area contributed by atoms with Gasteiger partial charge in [-0.05, 0) is 43.7 Å². The summed E-state index contributed by atoms with van der Waals surface area (Å²) in [4.78, 5) is 16.8. The van der Waals surface area contributed by atoms with E-state index in [1.54, 1.807) is 6.07 Å². The van der Waals surface area contributed by atoms with Crippen LogP contribution in [0.2, 0.25) is 0 Å². The summed E-state index contributed by atoms with van der Waals surface area (Å²) >= 11 is 0. The van der Waals surface area contributed by atoms with Crippen molar-refractivity contribution < 1.29 is 14.1 Å². The van der Waals surface area contributed by atoms with Gasteiger partial charge < -0.3 is 14.6 Å². The first-order chi connectivity index (χ1) is 14.6. The van der Waals surface area contributed by atoms with E-state index in [2.05, 4.69) is 15.5 Å². The van der Waals surface area contributed by atoms with Crippen LogP contribution in [0.1, 0.15) is 11.1 Å². The zero-order valence-electron chi connectivity index (χ0n) is 16.8. The van der Waals surface area contributed by atoms with Gasteiger partial charge in [-0.25, -0.2) is 0 Å². The molecular formula is C24H21N3O3. The van der Waals surface area contributed by atoms with Crippen molar-refractivity contribution in [3.63, 3.8) is 0 Å². The van der Waals surface area contributed by atoms with E-state index in [-0.39, 0.29) is 12.5 Å². The molecule has 0 bridgehead atoms. The first-order valence-electron chi connectivity index (χ1n) is 9.58. The Bertz CT molecular complexity index is 1180. The molecule has 0 atom stereocenters. The molecular weight excluding hydrogens is 378 g/mol. The van der Waals surface area contributed by atoms with Gasteiger partial charge in [0.1, 0.15) is 5.75 Å². The van der Waals surface area contributed by atoms with Crippen molar-refractivity contribution in [3.05, 3.63) is 83.9 Å². The van der Waals surface area contributed by atoms with Crippen molar-refractivity contribution in [2.75, 3.05) is 11.9 Å². The monoisotopic (exact) mass is 399 g/mol. The van der Waals surface area contributed by atoms with Crippen molar-refractivity contribution in [2.24, 2.45) is 0 Å². The minimum absolute atomic E-state index is 0.135.